The van der Waals surface area contributed by atoms with Crippen molar-refractivity contribution in [3.05, 3.63) is 54.1 Å². The van der Waals surface area contributed by atoms with Gasteiger partial charge >= 0.3 is 6.61 Å². The van der Waals surface area contributed by atoms with Gasteiger partial charge in [-0.15, -0.1) is 0 Å². The minimum Gasteiger partial charge on any atom is -0.493 e. The second-order valence-electron chi connectivity index (χ2n) is 7.07. The highest BCUT2D eigenvalue weighted by atomic mass is 19.3. The maximum Gasteiger partial charge on any atom is 0.387 e. The van der Waals surface area contributed by atoms with Crippen molar-refractivity contribution in [3.8, 4) is 11.5 Å². The first-order valence-electron chi connectivity index (χ1n) is 9.73. The summed E-state index contributed by atoms with van der Waals surface area (Å²) in [7, 11) is 3.54. The number of carbonyl (C=O) groups excluding carboxylic acids is 1. The zero-order valence-corrected chi connectivity index (χ0v) is 17.0. The van der Waals surface area contributed by atoms with E-state index in [2.05, 4.69) is 22.0 Å². The summed E-state index contributed by atoms with van der Waals surface area (Å²) >= 11 is 0. The van der Waals surface area contributed by atoms with Gasteiger partial charge in [-0.2, -0.15) is 8.78 Å². The number of nitrogens with zero attached hydrogens (tertiary/aromatic N) is 1. The number of likely N-dealkylation sites (N-methyl/N-ethyl adjacent to an activating group) is 1. The molecule has 2 N–H and O–H groups in total. The molecule has 2 aromatic carbocycles. The highest BCUT2D eigenvalue weighted by Gasteiger charge is 2.19. The third-order valence-corrected chi connectivity index (χ3v) is 4.95. The molecule has 2 aromatic rings. The van der Waals surface area contributed by atoms with Crippen molar-refractivity contribution in [2.45, 2.75) is 6.61 Å². The van der Waals surface area contributed by atoms with Crippen LogP contribution in [0, 0.1) is 0 Å². The van der Waals surface area contributed by atoms with Gasteiger partial charge in [-0.25, -0.2) is 0 Å². The number of piperazine rings is 1. The average Bonchev–Trinajstić information content (AvgIpc) is 2.74. The number of nitrogens with one attached hydrogen (secondary N) is 2. The van der Waals surface area contributed by atoms with E-state index in [0.717, 1.165) is 37.6 Å². The number of alkyl halides is 2. The lowest BCUT2D eigenvalue weighted by Gasteiger charge is -2.32. The molecular weight excluding hydrogens is 392 g/mol. The van der Waals surface area contributed by atoms with E-state index in [-0.39, 0.29) is 17.4 Å². The van der Waals surface area contributed by atoms with Gasteiger partial charge in [-0.3, -0.25) is 4.79 Å². The Bertz CT molecular complexity index is 897. The minimum atomic E-state index is -2.94. The number of hydrogen-bond donors (Lipinski definition) is 2. The average molecular weight is 418 g/mol. The number of para-hydroxylation sites is 2. The van der Waals surface area contributed by atoms with Crippen LogP contribution in [0.5, 0.6) is 11.5 Å². The molecule has 3 rings (SSSR count). The first-order valence-corrected chi connectivity index (χ1v) is 9.73. The summed E-state index contributed by atoms with van der Waals surface area (Å²) < 4.78 is 34.4. The highest BCUT2D eigenvalue weighted by molar-refractivity contribution is 6.03. The Kier molecular flexibility index (Phi) is 7.24. The summed E-state index contributed by atoms with van der Waals surface area (Å²) in [6, 6.07) is 12.2. The second kappa shape index (κ2) is 10.1. The van der Waals surface area contributed by atoms with Gasteiger partial charge in [0.05, 0.1) is 51.7 Å². The van der Waals surface area contributed by atoms with Crippen LogP contribution in [0.25, 0.3) is 6.08 Å². The topological polar surface area (TPSA) is 55.2 Å². The Morgan fingerprint density at radius 3 is 2.60 bits per heavy atom. The predicted octanol–water partition coefficient (Wildman–Crippen LogP) is 2.28. The van der Waals surface area contributed by atoms with Gasteiger partial charge in [0.25, 0.3) is 0 Å². The molecule has 1 heterocycles. The van der Waals surface area contributed by atoms with Crippen LogP contribution in [0.15, 0.2) is 48.5 Å². The van der Waals surface area contributed by atoms with Gasteiger partial charge in [0.15, 0.2) is 11.5 Å². The van der Waals surface area contributed by atoms with Crippen molar-refractivity contribution in [3.63, 3.8) is 0 Å². The monoisotopic (exact) mass is 418 g/mol. The molecule has 0 aromatic heterocycles. The molecule has 160 valence electrons. The van der Waals surface area contributed by atoms with Crippen molar-refractivity contribution in [2.75, 3.05) is 50.6 Å². The van der Waals surface area contributed by atoms with Crippen LogP contribution >= 0.6 is 0 Å². The molecule has 0 aliphatic carbocycles. The molecule has 0 bridgehead atoms. The van der Waals surface area contributed by atoms with Crippen molar-refractivity contribution >= 4 is 23.4 Å². The van der Waals surface area contributed by atoms with Crippen LogP contribution in [-0.2, 0) is 4.79 Å². The van der Waals surface area contributed by atoms with E-state index < -0.39 is 6.61 Å². The normalized spacial score (nSPS) is 14.9. The molecule has 30 heavy (non-hydrogen) atoms. The quantitative estimate of drug-likeness (QED) is 0.678. The van der Waals surface area contributed by atoms with Crippen LogP contribution < -0.4 is 24.6 Å². The second-order valence-corrected chi connectivity index (χ2v) is 7.07. The van der Waals surface area contributed by atoms with E-state index >= 15 is 0 Å². The van der Waals surface area contributed by atoms with Gasteiger partial charge in [0.1, 0.15) is 0 Å². The smallest absolute Gasteiger partial charge is 0.387 e. The van der Waals surface area contributed by atoms with Crippen LogP contribution in [0.2, 0.25) is 0 Å². The molecule has 0 saturated carbocycles. The number of anilines is 2. The number of rotatable bonds is 7. The van der Waals surface area contributed by atoms with E-state index in [9.17, 15) is 13.6 Å². The first-order chi connectivity index (χ1) is 14.5. The summed E-state index contributed by atoms with van der Waals surface area (Å²) in [6.45, 7) is 1.03. The molecular formula is C22H26F2N3O3+. The predicted molar refractivity (Wildman–Crippen MR) is 113 cm³/mol. The maximum absolute atomic E-state index is 12.5. The van der Waals surface area contributed by atoms with Gasteiger partial charge in [0.2, 0.25) is 5.91 Å². The Hall–Kier alpha value is -3.13. The van der Waals surface area contributed by atoms with Crippen molar-refractivity contribution < 1.29 is 27.9 Å². The number of ether oxygens (including phenoxy) is 2. The van der Waals surface area contributed by atoms with Gasteiger partial charge in [0, 0.05) is 6.08 Å². The van der Waals surface area contributed by atoms with Crippen molar-refractivity contribution in [2.24, 2.45) is 0 Å². The minimum absolute atomic E-state index is 0.0583. The number of carbonyl (C=O) groups is 1. The first kappa shape index (κ1) is 21.6. The molecule has 8 heteroatoms. The number of halogens is 2. The summed E-state index contributed by atoms with van der Waals surface area (Å²) in [6.07, 6.45) is 2.99. The molecule has 1 aliphatic heterocycles. The third kappa shape index (κ3) is 5.70. The SMILES string of the molecule is COc1cc(/C=C/C(=O)Nc2ccccc2N2CC[NH+](C)CC2)ccc1OC(F)F. The summed E-state index contributed by atoms with van der Waals surface area (Å²) in [5, 5.41) is 2.93. The van der Waals surface area contributed by atoms with Gasteiger partial charge < -0.3 is 24.6 Å². The van der Waals surface area contributed by atoms with E-state index in [1.807, 2.05) is 24.3 Å². The van der Waals surface area contributed by atoms with Crippen LogP contribution in [-0.4, -0.2) is 52.9 Å². The lowest BCUT2D eigenvalue weighted by atomic mass is 10.2. The summed E-state index contributed by atoms with van der Waals surface area (Å²) in [5.74, 6) is -0.175. The number of hydrogen-bond acceptors (Lipinski definition) is 4. The number of methoxy groups -OCH3 is 1. The highest BCUT2D eigenvalue weighted by Crippen LogP contribution is 2.30. The summed E-state index contributed by atoms with van der Waals surface area (Å²) in [5.41, 5.74) is 2.38. The van der Waals surface area contributed by atoms with Crippen molar-refractivity contribution in [1.29, 1.82) is 0 Å². The van der Waals surface area contributed by atoms with Gasteiger partial charge in [-0.1, -0.05) is 18.2 Å². The van der Waals surface area contributed by atoms with E-state index in [1.165, 1.54) is 30.2 Å². The van der Waals surface area contributed by atoms with E-state index in [4.69, 9.17) is 4.74 Å². The van der Waals surface area contributed by atoms with Crippen LogP contribution in [0.3, 0.4) is 0 Å². The lowest BCUT2D eigenvalue weighted by molar-refractivity contribution is -0.880. The standard InChI is InChI=1S/C22H25F2N3O3/c1-26-11-13-27(14-12-26)18-6-4-3-5-17(18)25-21(28)10-8-16-7-9-19(30-22(23)24)20(15-16)29-2/h3-10,15,22H,11-14H2,1-2H3,(H,25,28)/p+1/b10-8+. The third-order valence-electron chi connectivity index (χ3n) is 4.95. The molecule has 1 amide bonds. The van der Waals surface area contributed by atoms with Crippen molar-refractivity contribution in [1.82, 2.24) is 0 Å². The number of amides is 1. The van der Waals surface area contributed by atoms with E-state index in [1.54, 1.807) is 12.1 Å². The Morgan fingerprint density at radius 2 is 1.90 bits per heavy atom. The molecule has 1 aliphatic rings. The molecule has 1 saturated heterocycles. The lowest BCUT2D eigenvalue weighted by Crippen LogP contribution is -3.12. The van der Waals surface area contributed by atoms with Gasteiger partial charge in [-0.05, 0) is 35.9 Å². The molecule has 0 unspecified atom stereocenters. The molecule has 0 radical (unpaired) electrons. The Morgan fingerprint density at radius 1 is 1.17 bits per heavy atom. The fourth-order valence-electron chi connectivity index (χ4n) is 3.31. The van der Waals surface area contributed by atoms with E-state index in [0.29, 0.717) is 5.56 Å². The zero-order valence-electron chi connectivity index (χ0n) is 17.0. The number of benzene rings is 2. The molecule has 6 nitrogen and oxygen atoms in total. The molecule has 0 atom stereocenters. The molecule has 0 spiro atoms. The largest absolute Gasteiger partial charge is 0.493 e. The fourth-order valence-corrected chi connectivity index (χ4v) is 3.31. The maximum atomic E-state index is 12.5. The van der Waals surface area contributed by atoms with Crippen LogP contribution in [0.1, 0.15) is 5.56 Å². The Balaban J connectivity index is 1.68. The Labute approximate surface area is 174 Å². The summed E-state index contributed by atoms with van der Waals surface area (Å²) in [4.78, 5) is 16.2. The fraction of sp³-hybridized carbons (Fsp3) is 0.318. The number of quaternary nitrogens is 1. The molecule has 1 fully saturated rings. The van der Waals surface area contributed by atoms with Crippen LogP contribution in [0.4, 0.5) is 20.2 Å². The zero-order chi connectivity index (χ0) is 21.5.